The molecule has 0 fully saturated rings. The third-order valence-electron chi connectivity index (χ3n) is 1.35. The molecule has 0 radical (unpaired) electrons. The van der Waals surface area contributed by atoms with Gasteiger partial charge in [-0.3, -0.25) is 0 Å². The van der Waals surface area contributed by atoms with Crippen LogP contribution in [0.1, 0.15) is 11.3 Å². The Kier molecular flexibility index (Phi) is 3.00. The maximum absolute atomic E-state index is 8.45. The highest BCUT2D eigenvalue weighted by Gasteiger charge is 1.89. The monoisotopic (exact) mass is 159 g/mol. The van der Waals surface area contributed by atoms with E-state index in [1.54, 1.807) is 12.3 Å². The molecule has 0 bridgehead atoms. The molecule has 0 aliphatic carbocycles. The highest BCUT2D eigenvalue weighted by molar-refractivity contribution is 5.48. The van der Waals surface area contributed by atoms with Gasteiger partial charge in [0.2, 0.25) is 0 Å². The number of hydrogen-bond donors (Lipinski definition) is 1. The predicted molar refractivity (Wildman–Crippen MR) is 47.0 cm³/mol. The van der Waals surface area contributed by atoms with Crippen LogP contribution in [-0.4, -0.2) is 11.5 Å². The second kappa shape index (κ2) is 4.27. The summed E-state index contributed by atoms with van der Waals surface area (Å²) in [5.74, 6) is 0. The minimum Gasteiger partial charge on any atom is -0.327 e. The van der Waals surface area contributed by atoms with Crippen molar-refractivity contribution in [2.45, 2.75) is 0 Å². The molecule has 60 valence electrons. The summed E-state index contributed by atoms with van der Waals surface area (Å²) in [6.45, 7) is 0.514. The van der Waals surface area contributed by atoms with E-state index in [2.05, 4.69) is 4.98 Å². The fraction of sp³-hybridized carbons (Fsp3) is 0.111. The summed E-state index contributed by atoms with van der Waals surface area (Å²) in [4.78, 5) is 3.90. The third-order valence-corrected chi connectivity index (χ3v) is 1.35. The lowest BCUT2D eigenvalue weighted by molar-refractivity contribution is 1.24. The van der Waals surface area contributed by atoms with E-state index in [1.165, 1.54) is 0 Å². The van der Waals surface area contributed by atoms with Gasteiger partial charge in [0.25, 0.3) is 0 Å². The molecule has 3 heteroatoms. The lowest BCUT2D eigenvalue weighted by Gasteiger charge is -1.90. The van der Waals surface area contributed by atoms with Gasteiger partial charge in [0.15, 0.2) is 0 Å². The first kappa shape index (κ1) is 8.44. The molecule has 0 saturated carbocycles. The first-order valence-electron chi connectivity index (χ1n) is 3.59. The first-order valence-corrected chi connectivity index (χ1v) is 3.59. The van der Waals surface area contributed by atoms with Gasteiger partial charge in [-0.05, 0) is 11.6 Å². The molecule has 0 spiro atoms. The molecular weight excluding hydrogens is 150 g/mol. The van der Waals surface area contributed by atoms with Crippen molar-refractivity contribution >= 4 is 6.08 Å². The number of nitrogens with two attached hydrogens (primary N) is 1. The molecule has 1 aromatic heterocycles. The molecule has 1 aromatic rings. The zero-order chi connectivity index (χ0) is 8.81. The van der Waals surface area contributed by atoms with Crippen LogP contribution in [0.4, 0.5) is 0 Å². The van der Waals surface area contributed by atoms with Gasteiger partial charge in [0.1, 0.15) is 11.8 Å². The van der Waals surface area contributed by atoms with Crippen LogP contribution in [0.5, 0.6) is 0 Å². The molecule has 0 unspecified atom stereocenters. The smallest absolute Gasteiger partial charge is 0.140 e. The predicted octanol–water partition coefficient (Wildman–Crippen LogP) is 0.925. The molecule has 3 nitrogen and oxygen atoms in total. The Labute approximate surface area is 71.2 Å². The van der Waals surface area contributed by atoms with Crippen LogP contribution >= 0.6 is 0 Å². The van der Waals surface area contributed by atoms with Gasteiger partial charge in [-0.2, -0.15) is 5.26 Å². The molecule has 0 amide bonds. The van der Waals surface area contributed by atoms with E-state index in [4.69, 9.17) is 11.0 Å². The molecule has 0 aliphatic heterocycles. The Balaban J connectivity index is 2.80. The van der Waals surface area contributed by atoms with Crippen LogP contribution in [0.3, 0.4) is 0 Å². The van der Waals surface area contributed by atoms with Crippen molar-refractivity contribution in [1.29, 1.82) is 5.26 Å². The average molecular weight is 159 g/mol. The Bertz CT molecular complexity index is 306. The summed E-state index contributed by atoms with van der Waals surface area (Å²) in [5, 5.41) is 8.45. The minimum absolute atomic E-state index is 0.430. The second-order valence-corrected chi connectivity index (χ2v) is 2.23. The van der Waals surface area contributed by atoms with Crippen molar-refractivity contribution in [3.8, 4) is 6.07 Å². The summed E-state index contributed by atoms with van der Waals surface area (Å²) in [6, 6.07) is 5.46. The maximum atomic E-state index is 8.45. The highest BCUT2D eigenvalue weighted by Crippen LogP contribution is 2.00. The average Bonchev–Trinajstić information content (AvgIpc) is 2.15. The van der Waals surface area contributed by atoms with E-state index in [1.807, 2.05) is 24.3 Å². The number of nitriles is 1. The molecule has 12 heavy (non-hydrogen) atoms. The van der Waals surface area contributed by atoms with Crippen molar-refractivity contribution in [3.63, 3.8) is 0 Å². The van der Waals surface area contributed by atoms with Gasteiger partial charge in [-0.1, -0.05) is 18.2 Å². The van der Waals surface area contributed by atoms with Crippen LogP contribution in [0.2, 0.25) is 0 Å². The molecule has 2 N–H and O–H groups in total. The van der Waals surface area contributed by atoms with Crippen molar-refractivity contribution in [1.82, 2.24) is 4.98 Å². The van der Waals surface area contributed by atoms with E-state index in [-0.39, 0.29) is 0 Å². The van der Waals surface area contributed by atoms with E-state index >= 15 is 0 Å². The number of hydrogen-bond acceptors (Lipinski definition) is 3. The Morgan fingerprint density at radius 2 is 2.42 bits per heavy atom. The van der Waals surface area contributed by atoms with Crippen molar-refractivity contribution in [3.05, 3.63) is 35.7 Å². The van der Waals surface area contributed by atoms with Crippen LogP contribution in [0, 0.1) is 11.3 Å². The zero-order valence-corrected chi connectivity index (χ0v) is 6.57. The number of aromatic nitrogens is 1. The summed E-state index contributed by atoms with van der Waals surface area (Å²) in [6.07, 6.45) is 5.35. The molecule has 1 rings (SSSR count). The van der Waals surface area contributed by atoms with Gasteiger partial charge in [0, 0.05) is 12.7 Å². The van der Waals surface area contributed by atoms with Crippen molar-refractivity contribution in [2.24, 2.45) is 5.73 Å². The summed E-state index contributed by atoms with van der Waals surface area (Å²) >= 11 is 0. The number of rotatable bonds is 2. The molecule has 0 aromatic carbocycles. The van der Waals surface area contributed by atoms with E-state index in [0.717, 1.165) is 5.56 Å². The summed E-state index contributed by atoms with van der Waals surface area (Å²) < 4.78 is 0. The lowest BCUT2D eigenvalue weighted by Crippen LogP contribution is -1.92. The topological polar surface area (TPSA) is 62.7 Å². The Morgan fingerprint density at radius 3 is 2.92 bits per heavy atom. The number of nitrogens with zero attached hydrogens (tertiary/aromatic N) is 2. The van der Waals surface area contributed by atoms with E-state index in [0.29, 0.717) is 12.2 Å². The van der Waals surface area contributed by atoms with Gasteiger partial charge in [-0.25, -0.2) is 4.98 Å². The Morgan fingerprint density at radius 1 is 1.58 bits per heavy atom. The highest BCUT2D eigenvalue weighted by atomic mass is 14.7. The second-order valence-electron chi connectivity index (χ2n) is 2.23. The largest absolute Gasteiger partial charge is 0.327 e. The van der Waals surface area contributed by atoms with Crippen LogP contribution in [0.15, 0.2) is 24.4 Å². The SMILES string of the molecule is N#Cc1ccc(C=CCN)cn1. The maximum Gasteiger partial charge on any atom is 0.140 e. The van der Waals surface area contributed by atoms with Crippen LogP contribution in [-0.2, 0) is 0 Å². The van der Waals surface area contributed by atoms with Crippen LogP contribution in [0.25, 0.3) is 6.08 Å². The fourth-order valence-electron chi connectivity index (χ4n) is 0.774. The lowest BCUT2D eigenvalue weighted by atomic mass is 10.2. The van der Waals surface area contributed by atoms with Crippen LogP contribution < -0.4 is 5.73 Å². The molecule has 0 saturated heterocycles. The Hall–Kier alpha value is -1.66. The third kappa shape index (κ3) is 2.19. The van der Waals surface area contributed by atoms with Gasteiger partial charge < -0.3 is 5.73 Å². The van der Waals surface area contributed by atoms with Gasteiger partial charge in [-0.15, -0.1) is 0 Å². The quantitative estimate of drug-likeness (QED) is 0.698. The standard InChI is InChI=1S/C9H9N3/c10-5-1-2-8-3-4-9(6-11)12-7-8/h1-4,7H,5,10H2. The molecule has 1 heterocycles. The van der Waals surface area contributed by atoms with Crippen molar-refractivity contribution in [2.75, 3.05) is 6.54 Å². The molecule has 0 aliphatic rings. The van der Waals surface area contributed by atoms with Crippen molar-refractivity contribution < 1.29 is 0 Å². The van der Waals surface area contributed by atoms with Gasteiger partial charge in [0.05, 0.1) is 0 Å². The minimum atomic E-state index is 0.430. The zero-order valence-electron chi connectivity index (χ0n) is 6.57. The summed E-state index contributed by atoms with van der Waals surface area (Å²) in [7, 11) is 0. The summed E-state index contributed by atoms with van der Waals surface area (Å²) in [5.41, 5.74) is 6.66. The fourth-order valence-corrected chi connectivity index (χ4v) is 0.774. The normalized spacial score (nSPS) is 10.0. The van der Waals surface area contributed by atoms with Gasteiger partial charge >= 0.3 is 0 Å². The molecular formula is C9H9N3. The first-order chi connectivity index (χ1) is 5.86. The van der Waals surface area contributed by atoms with E-state index < -0.39 is 0 Å². The molecule has 0 atom stereocenters. The van der Waals surface area contributed by atoms with E-state index in [9.17, 15) is 0 Å². The number of pyridine rings is 1.